The molecule has 0 rings (SSSR count). The van der Waals surface area contributed by atoms with Gasteiger partial charge in [-0.15, -0.1) is 0 Å². The van der Waals surface area contributed by atoms with E-state index in [-0.39, 0.29) is 0 Å². The third kappa shape index (κ3) is 14.3. The van der Waals surface area contributed by atoms with Gasteiger partial charge in [-0.25, -0.2) is 0 Å². The predicted octanol–water partition coefficient (Wildman–Crippen LogP) is 4.65. The fraction of sp³-hybridized carbons (Fsp3) is 1.00. The van der Waals surface area contributed by atoms with E-state index in [1.165, 1.54) is 0 Å². The van der Waals surface area contributed by atoms with E-state index < -0.39 is 33.8 Å². The van der Waals surface area contributed by atoms with Crippen molar-refractivity contribution in [1.82, 2.24) is 0 Å². The van der Waals surface area contributed by atoms with Gasteiger partial charge in [-0.05, 0) is 20.8 Å². The van der Waals surface area contributed by atoms with Crippen LogP contribution in [-0.2, 0) is 26.6 Å². The van der Waals surface area contributed by atoms with Gasteiger partial charge in [-0.1, -0.05) is 39.3 Å². The molecule has 6 nitrogen and oxygen atoms in total. The van der Waals surface area contributed by atoms with Crippen LogP contribution in [0.15, 0.2) is 0 Å². The van der Waals surface area contributed by atoms with Crippen LogP contribution in [0.1, 0.15) is 20.8 Å². The molecule has 166 valence electrons. The molecule has 10 heteroatoms. The topological polar surface area (TPSA) is 55.4 Å². The van der Waals surface area contributed by atoms with Gasteiger partial charge in [0.1, 0.15) is 0 Å². The fourth-order valence-electron chi connectivity index (χ4n) is 2.70. The lowest BCUT2D eigenvalue weighted by Gasteiger charge is -2.32. The molecule has 0 saturated carbocycles. The van der Waals surface area contributed by atoms with Crippen molar-refractivity contribution in [3.63, 3.8) is 0 Å². The molecule has 0 bridgehead atoms. The van der Waals surface area contributed by atoms with Gasteiger partial charge in [0.2, 0.25) is 0 Å². The summed E-state index contributed by atoms with van der Waals surface area (Å²) in [5.74, 6) is 0. The summed E-state index contributed by atoms with van der Waals surface area (Å²) in [5, 5.41) is 0. The minimum atomic E-state index is -2.37. The Kier molecular flexibility index (Phi) is 15.2. The van der Waals surface area contributed by atoms with Crippen molar-refractivity contribution in [2.75, 3.05) is 41.2 Å². The van der Waals surface area contributed by atoms with E-state index in [0.29, 0.717) is 19.8 Å². The number of hydrogen-bond donors (Lipinski definition) is 0. The Hall–Kier alpha value is 0.628. The molecule has 0 aromatic carbocycles. The van der Waals surface area contributed by atoms with E-state index >= 15 is 0 Å². The van der Waals surface area contributed by atoms with Crippen LogP contribution < -0.4 is 0 Å². The van der Waals surface area contributed by atoms with Gasteiger partial charge in [0.25, 0.3) is 0 Å². The van der Waals surface area contributed by atoms with Gasteiger partial charge in [-0.3, -0.25) is 0 Å². The SMILES string of the molecule is CCO[Si](C[Si](C)(C)C)(OCC)OCC.CO[Si](C[Si](C)(C)C)(OC)OC. The average Bonchev–Trinajstić information content (AvgIpc) is 2.51. The van der Waals surface area contributed by atoms with E-state index in [2.05, 4.69) is 39.3 Å². The van der Waals surface area contributed by atoms with Gasteiger partial charge in [0.05, 0.1) is 0 Å². The largest absolute Gasteiger partial charge is 0.498 e. The molecule has 0 amide bonds. The minimum absolute atomic E-state index is 0.677. The Morgan fingerprint density at radius 1 is 0.481 bits per heavy atom. The van der Waals surface area contributed by atoms with Crippen LogP contribution in [0.25, 0.3) is 0 Å². The van der Waals surface area contributed by atoms with Crippen LogP contribution in [-0.4, -0.2) is 74.9 Å². The van der Waals surface area contributed by atoms with E-state index in [9.17, 15) is 0 Å². The van der Waals surface area contributed by atoms with E-state index in [1.807, 2.05) is 20.8 Å². The molecular formula is C17H46O6Si4. The Balaban J connectivity index is 0. The maximum atomic E-state index is 5.82. The van der Waals surface area contributed by atoms with Crippen LogP contribution in [0, 0.1) is 0 Å². The smallest absolute Gasteiger partial charge is 0.377 e. The molecule has 0 saturated heterocycles. The van der Waals surface area contributed by atoms with Crippen LogP contribution in [0.5, 0.6) is 0 Å². The van der Waals surface area contributed by atoms with Crippen molar-refractivity contribution in [3.05, 3.63) is 0 Å². The fourth-order valence-corrected chi connectivity index (χ4v) is 18.1. The first-order chi connectivity index (χ1) is 12.3. The second-order valence-corrected chi connectivity index (χ2v) is 26.6. The highest BCUT2D eigenvalue weighted by Gasteiger charge is 2.44. The maximum absolute atomic E-state index is 5.82. The van der Waals surface area contributed by atoms with Crippen LogP contribution >= 0.6 is 0 Å². The first-order valence-electron chi connectivity index (χ1n) is 9.85. The highest BCUT2D eigenvalue weighted by atomic mass is 28.4. The summed E-state index contributed by atoms with van der Waals surface area (Å²) in [6.07, 6.45) is 0. The molecule has 0 aromatic heterocycles. The summed E-state index contributed by atoms with van der Waals surface area (Å²) in [4.78, 5) is 0. The van der Waals surface area contributed by atoms with Gasteiger partial charge in [0, 0.05) is 68.6 Å². The Labute approximate surface area is 173 Å². The first kappa shape index (κ1) is 29.8. The van der Waals surface area contributed by atoms with Crippen LogP contribution in [0.4, 0.5) is 0 Å². The van der Waals surface area contributed by atoms with Gasteiger partial charge in [0.15, 0.2) is 0 Å². The molecule has 0 spiro atoms. The zero-order valence-electron chi connectivity index (χ0n) is 20.0. The lowest BCUT2D eigenvalue weighted by atomic mass is 10.9. The predicted molar refractivity (Wildman–Crippen MR) is 124 cm³/mol. The quantitative estimate of drug-likeness (QED) is 0.374. The molecule has 0 N–H and O–H groups in total. The summed E-state index contributed by atoms with van der Waals surface area (Å²) in [7, 11) is -2.05. The van der Waals surface area contributed by atoms with Crippen molar-refractivity contribution in [3.8, 4) is 0 Å². The number of rotatable bonds is 13. The summed E-state index contributed by atoms with van der Waals surface area (Å²) in [5.41, 5.74) is 1.99. The minimum Gasteiger partial charge on any atom is -0.377 e. The van der Waals surface area contributed by atoms with Gasteiger partial charge >= 0.3 is 17.6 Å². The lowest BCUT2D eigenvalue weighted by molar-refractivity contribution is 0.0755. The maximum Gasteiger partial charge on any atom is 0.498 e. The van der Waals surface area contributed by atoms with Crippen molar-refractivity contribution < 1.29 is 26.6 Å². The molecule has 0 aliphatic carbocycles. The van der Waals surface area contributed by atoms with E-state index in [0.717, 1.165) is 11.3 Å². The summed E-state index contributed by atoms with van der Waals surface area (Å²) >= 11 is 0. The normalized spacial score (nSPS) is 13.3. The molecule has 0 unspecified atom stereocenters. The average molecular weight is 459 g/mol. The molecule has 0 aliphatic rings. The van der Waals surface area contributed by atoms with E-state index in [1.54, 1.807) is 21.3 Å². The third-order valence-electron chi connectivity index (χ3n) is 3.52. The molecule has 0 atom stereocenters. The Morgan fingerprint density at radius 3 is 0.889 bits per heavy atom. The highest BCUT2D eigenvalue weighted by Crippen LogP contribution is 2.23. The first-order valence-corrected chi connectivity index (χ1v) is 21.1. The summed E-state index contributed by atoms with van der Waals surface area (Å²) in [6, 6.07) is 0. The van der Waals surface area contributed by atoms with Crippen LogP contribution in [0.2, 0.25) is 50.6 Å². The van der Waals surface area contributed by atoms with Crippen LogP contribution in [0.3, 0.4) is 0 Å². The summed E-state index contributed by atoms with van der Waals surface area (Å²) in [6.45, 7) is 21.9. The van der Waals surface area contributed by atoms with Gasteiger partial charge in [-0.2, -0.15) is 0 Å². The Morgan fingerprint density at radius 2 is 0.741 bits per heavy atom. The molecule has 0 aromatic rings. The van der Waals surface area contributed by atoms with E-state index in [4.69, 9.17) is 26.6 Å². The molecule has 27 heavy (non-hydrogen) atoms. The second-order valence-electron chi connectivity index (χ2n) is 8.75. The van der Waals surface area contributed by atoms with Crippen molar-refractivity contribution in [2.45, 2.75) is 71.4 Å². The van der Waals surface area contributed by atoms with Crippen molar-refractivity contribution in [1.29, 1.82) is 0 Å². The second kappa shape index (κ2) is 13.8. The molecular weight excluding hydrogens is 413 g/mol. The highest BCUT2D eigenvalue weighted by molar-refractivity contribution is 6.89. The molecule has 0 aliphatic heterocycles. The number of hydrogen-bond acceptors (Lipinski definition) is 6. The van der Waals surface area contributed by atoms with Crippen molar-refractivity contribution >= 4 is 33.8 Å². The molecule has 0 fully saturated rings. The standard InChI is InChI=1S/C10H26O3Si2.C7H20O3Si2/c1-7-11-15(12-8-2,13-9-3)10-14(4,5)6;1-8-12(9-2,10-3)7-11(4,5)6/h7-10H2,1-6H3;7H2,1-6H3. The summed E-state index contributed by atoms with van der Waals surface area (Å²) < 4.78 is 33.5. The Bertz CT molecular complexity index is 342. The monoisotopic (exact) mass is 458 g/mol. The molecule has 0 heterocycles. The van der Waals surface area contributed by atoms with Crippen molar-refractivity contribution in [2.24, 2.45) is 0 Å². The molecule has 0 radical (unpaired) electrons. The zero-order valence-corrected chi connectivity index (χ0v) is 24.0. The van der Waals surface area contributed by atoms with Gasteiger partial charge < -0.3 is 26.6 Å². The zero-order chi connectivity index (χ0) is 21.8. The third-order valence-corrected chi connectivity index (χ3v) is 19.5. The lowest BCUT2D eigenvalue weighted by Crippen LogP contribution is -2.51.